The van der Waals surface area contributed by atoms with Crippen LogP contribution in [0.3, 0.4) is 0 Å². The smallest absolute Gasteiger partial charge is 0.404 e. The van der Waals surface area contributed by atoms with Crippen LogP contribution in [0, 0.1) is 0 Å². The molecule has 0 unspecified atom stereocenters. The molecule has 3 rings (SSSR count). The van der Waals surface area contributed by atoms with Crippen molar-refractivity contribution in [2.45, 2.75) is 37.8 Å². The van der Waals surface area contributed by atoms with E-state index in [4.69, 9.17) is 21.4 Å². The standard InChI is InChI=1S/C16H17ClN2O3/c17-14-7-11-9-18-6-5-10(11)8-15(14)22-13-3-1-12(2-4-13)19-16(20)21/h5-9,12-13,19H,1-4H2,(H,20,21). The summed E-state index contributed by atoms with van der Waals surface area (Å²) in [6, 6.07) is 5.74. The Hall–Kier alpha value is -2.01. The minimum absolute atomic E-state index is 0.0236. The van der Waals surface area contributed by atoms with E-state index in [1.807, 2.05) is 18.2 Å². The van der Waals surface area contributed by atoms with Gasteiger partial charge in [-0.3, -0.25) is 4.98 Å². The lowest BCUT2D eigenvalue weighted by Gasteiger charge is -2.29. The molecule has 6 heteroatoms. The van der Waals surface area contributed by atoms with E-state index < -0.39 is 6.09 Å². The minimum Gasteiger partial charge on any atom is -0.489 e. The van der Waals surface area contributed by atoms with Gasteiger partial charge in [0.05, 0.1) is 11.1 Å². The van der Waals surface area contributed by atoms with Crippen LogP contribution in [0.4, 0.5) is 4.79 Å². The first-order valence-electron chi connectivity index (χ1n) is 7.31. The van der Waals surface area contributed by atoms with Crippen LogP contribution >= 0.6 is 11.6 Å². The van der Waals surface area contributed by atoms with E-state index in [2.05, 4.69) is 10.3 Å². The molecule has 0 saturated heterocycles. The Kier molecular flexibility index (Phi) is 4.34. The minimum atomic E-state index is -0.962. The number of ether oxygens (including phenoxy) is 1. The average Bonchev–Trinajstić information content (AvgIpc) is 2.49. The number of hydrogen-bond acceptors (Lipinski definition) is 3. The second kappa shape index (κ2) is 6.40. The third kappa shape index (κ3) is 3.42. The Bertz CT molecular complexity index is 684. The van der Waals surface area contributed by atoms with Crippen LogP contribution in [0.1, 0.15) is 25.7 Å². The molecule has 2 aromatic rings. The Morgan fingerprint density at radius 1 is 1.27 bits per heavy atom. The lowest BCUT2D eigenvalue weighted by atomic mass is 9.93. The third-order valence-electron chi connectivity index (χ3n) is 3.99. The predicted molar refractivity (Wildman–Crippen MR) is 84.6 cm³/mol. The van der Waals surface area contributed by atoms with Crippen LogP contribution in [0.2, 0.25) is 5.02 Å². The first kappa shape index (κ1) is 14.9. The lowest BCUT2D eigenvalue weighted by Crippen LogP contribution is -2.38. The molecule has 1 saturated carbocycles. The Labute approximate surface area is 133 Å². The van der Waals surface area contributed by atoms with Crippen LogP contribution in [-0.4, -0.2) is 28.3 Å². The molecule has 0 spiro atoms. The summed E-state index contributed by atoms with van der Waals surface area (Å²) in [7, 11) is 0. The fourth-order valence-corrected chi connectivity index (χ4v) is 3.07. The van der Waals surface area contributed by atoms with Gasteiger partial charge in [0, 0.05) is 23.8 Å². The number of nitrogens with one attached hydrogen (secondary N) is 1. The van der Waals surface area contributed by atoms with Gasteiger partial charge in [-0.1, -0.05) is 11.6 Å². The number of carbonyl (C=O) groups is 1. The summed E-state index contributed by atoms with van der Waals surface area (Å²) in [5.41, 5.74) is 0. The number of halogens is 1. The topological polar surface area (TPSA) is 71.5 Å². The zero-order chi connectivity index (χ0) is 15.5. The number of fused-ring (bicyclic) bond motifs is 1. The number of rotatable bonds is 3. The second-order valence-corrected chi connectivity index (χ2v) is 5.95. The first-order chi connectivity index (χ1) is 10.6. The molecule has 5 nitrogen and oxygen atoms in total. The summed E-state index contributed by atoms with van der Waals surface area (Å²) in [6.45, 7) is 0. The van der Waals surface area contributed by atoms with Gasteiger partial charge >= 0.3 is 6.09 Å². The lowest BCUT2D eigenvalue weighted by molar-refractivity contribution is 0.134. The fraction of sp³-hybridized carbons (Fsp3) is 0.375. The van der Waals surface area contributed by atoms with E-state index in [0.29, 0.717) is 10.8 Å². The monoisotopic (exact) mass is 320 g/mol. The van der Waals surface area contributed by atoms with Crippen LogP contribution in [-0.2, 0) is 0 Å². The maximum Gasteiger partial charge on any atom is 0.404 e. The predicted octanol–water partition coefficient (Wildman–Crippen LogP) is 3.85. The molecule has 1 aromatic heterocycles. The zero-order valence-corrected chi connectivity index (χ0v) is 12.7. The van der Waals surface area contributed by atoms with Crippen molar-refractivity contribution in [3.05, 3.63) is 35.6 Å². The van der Waals surface area contributed by atoms with Crippen molar-refractivity contribution in [2.24, 2.45) is 0 Å². The summed E-state index contributed by atoms with van der Waals surface area (Å²) < 4.78 is 6.02. The Morgan fingerprint density at radius 2 is 2.05 bits per heavy atom. The molecule has 22 heavy (non-hydrogen) atoms. The molecular formula is C16H17ClN2O3. The van der Waals surface area contributed by atoms with Gasteiger partial charge in [-0.15, -0.1) is 0 Å². The molecule has 1 aromatic carbocycles. The summed E-state index contributed by atoms with van der Waals surface area (Å²) in [4.78, 5) is 14.7. The first-order valence-corrected chi connectivity index (χ1v) is 7.69. The molecule has 1 heterocycles. The number of nitrogens with zero attached hydrogens (tertiary/aromatic N) is 1. The SMILES string of the molecule is O=C(O)NC1CCC(Oc2cc3ccncc3cc2Cl)CC1. The molecule has 1 amide bonds. The van der Waals surface area contributed by atoms with Crippen LogP contribution in [0.15, 0.2) is 30.6 Å². The van der Waals surface area contributed by atoms with Gasteiger partial charge in [0.2, 0.25) is 0 Å². The molecule has 116 valence electrons. The highest BCUT2D eigenvalue weighted by atomic mass is 35.5. The molecule has 1 aliphatic carbocycles. The van der Waals surface area contributed by atoms with Crippen molar-refractivity contribution in [2.75, 3.05) is 0 Å². The molecule has 1 fully saturated rings. The van der Waals surface area contributed by atoms with Crippen molar-refractivity contribution < 1.29 is 14.6 Å². The number of amides is 1. The number of pyridine rings is 1. The third-order valence-corrected chi connectivity index (χ3v) is 4.28. The quantitative estimate of drug-likeness (QED) is 0.901. The summed E-state index contributed by atoms with van der Waals surface area (Å²) in [5, 5.41) is 13.9. The van der Waals surface area contributed by atoms with Crippen molar-refractivity contribution in [1.82, 2.24) is 10.3 Å². The number of hydrogen-bond donors (Lipinski definition) is 2. The molecule has 0 radical (unpaired) electrons. The maximum absolute atomic E-state index is 10.6. The van der Waals surface area contributed by atoms with Crippen LogP contribution in [0.5, 0.6) is 5.75 Å². The van der Waals surface area contributed by atoms with Gasteiger partial charge in [-0.05, 0) is 49.3 Å². The van der Waals surface area contributed by atoms with Crippen LogP contribution < -0.4 is 10.1 Å². The average molecular weight is 321 g/mol. The van der Waals surface area contributed by atoms with E-state index in [9.17, 15) is 4.79 Å². The largest absolute Gasteiger partial charge is 0.489 e. The molecular weight excluding hydrogens is 304 g/mol. The normalized spacial score (nSPS) is 21.5. The van der Waals surface area contributed by atoms with Gasteiger partial charge in [0.1, 0.15) is 5.75 Å². The van der Waals surface area contributed by atoms with Crippen molar-refractivity contribution >= 4 is 28.5 Å². The Morgan fingerprint density at radius 3 is 2.77 bits per heavy atom. The van der Waals surface area contributed by atoms with Gasteiger partial charge in [-0.2, -0.15) is 0 Å². The van der Waals surface area contributed by atoms with E-state index in [-0.39, 0.29) is 12.1 Å². The number of aromatic nitrogens is 1. The van der Waals surface area contributed by atoms with Crippen molar-refractivity contribution in [1.29, 1.82) is 0 Å². The highest BCUT2D eigenvalue weighted by Gasteiger charge is 2.24. The van der Waals surface area contributed by atoms with Crippen molar-refractivity contribution in [3.8, 4) is 5.75 Å². The van der Waals surface area contributed by atoms with E-state index >= 15 is 0 Å². The van der Waals surface area contributed by atoms with Crippen LogP contribution in [0.25, 0.3) is 10.8 Å². The highest BCUT2D eigenvalue weighted by Crippen LogP contribution is 2.32. The zero-order valence-electron chi connectivity index (χ0n) is 12.0. The molecule has 2 N–H and O–H groups in total. The summed E-state index contributed by atoms with van der Waals surface area (Å²) >= 11 is 6.28. The molecule has 0 atom stereocenters. The van der Waals surface area contributed by atoms with Gasteiger partial charge < -0.3 is 15.2 Å². The summed E-state index contributed by atoms with van der Waals surface area (Å²) in [6.07, 6.45) is 5.82. The maximum atomic E-state index is 10.6. The van der Waals surface area contributed by atoms with Gasteiger partial charge in [-0.25, -0.2) is 4.79 Å². The van der Waals surface area contributed by atoms with Crippen molar-refractivity contribution in [3.63, 3.8) is 0 Å². The van der Waals surface area contributed by atoms with E-state index in [1.165, 1.54) is 0 Å². The molecule has 1 aliphatic rings. The molecule has 0 bridgehead atoms. The van der Waals surface area contributed by atoms with Gasteiger partial charge in [0.15, 0.2) is 0 Å². The van der Waals surface area contributed by atoms with E-state index in [0.717, 1.165) is 36.5 Å². The highest BCUT2D eigenvalue weighted by molar-refractivity contribution is 6.32. The van der Waals surface area contributed by atoms with Gasteiger partial charge in [0.25, 0.3) is 0 Å². The number of carboxylic acid groups (broad SMARTS) is 1. The molecule has 0 aliphatic heterocycles. The number of benzene rings is 1. The van der Waals surface area contributed by atoms with E-state index in [1.54, 1.807) is 12.4 Å². The fourth-order valence-electron chi connectivity index (χ4n) is 2.86. The Balaban J connectivity index is 1.67. The second-order valence-electron chi connectivity index (χ2n) is 5.55. The summed E-state index contributed by atoms with van der Waals surface area (Å²) in [5.74, 6) is 0.676.